The van der Waals surface area contributed by atoms with Crippen molar-refractivity contribution in [2.24, 2.45) is 0 Å². The molecule has 0 saturated heterocycles. The Kier molecular flexibility index (Phi) is 156. The molecule has 0 aliphatic rings. The van der Waals surface area contributed by atoms with E-state index in [1.165, 1.54) is 0 Å². The average molecular weight is 276 g/mol. The smallest absolute Gasteiger partial charge is 0 e. The van der Waals surface area contributed by atoms with Crippen LogP contribution in [0.5, 0.6) is 0 Å². The topological polar surface area (TPSA) is 0 Å². The molecule has 0 aromatic heterocycles. The molecule has 19 valence electrons. The van der Waals surface area contributed by atoms with Crippen LogP contribution in [0, 0.1) is 0 Å². The van der Waals surface area contributed by atoms with Gasteiger partial charge in [0.15, 0.2) is 0 Å². The molecule has 0 aliphatic heterocycles. The standard InChI is InChI=1S/3Al.Pt. The molecule has 9 radical (unpaired) electrons. The largest absolute Gasteiger partial charge is 0 e. The summed E-state index contributed by atoms with van der Waals surface area (Å²) in [6.07, 6.45) is 0. The van der Waals surface area contributed by atoms with Crippen LogP contribution in [0.25, 0.3) is 0 Å². The Morgan fingerprint density at radius 3 is 0.500 bits per heavy atom. The fraction of sp³-hybridized carbons (Fsp3) is 0. The second-order valence-corrected chi connectivity index (χ2v) is 0. The molecule has 4 heavy (non-hydrogen) atoms. The molecule has 0 aromatic rings. The average Bonchev–Trinajstić information content (AvgIpc) is 0. The zero-order chi connectivity index (χ0) is 0. The van der Waals surface area contributed by atoms with Gasteiger partial charge in [-0.1, -0.05) is 0 Å². The molecule has 0 nitrogen and oxygen atoms in total. The Hall–Kier alpha value is 2.29. The van der Waals surface area contributed by atoms with Gasteiger partial charge in [-0.15, -0.1) is 0 Å². The molecule has 0 saturated carbocycles. The molecule has 0 atom stereocenters. The zero-order valence-corrected chi connectivity index (χ0v) is 7.78. The molecule has 0 amide bonds. The molecular formula is Al3Pt. The second-order valence-electron chi connectivity index (χ2n) is 0. The van der Waals surface area contributed by atoms with E-state index in [0.29, 0.717) is 0 Å². The number of hydrogen-bond donors (Lipinski definition) is 0. The van der Waals surface area contributed by atoms with Gasteiger partial charge < -0.3 is 0 Å². The Labute approximate surface area is 72.4 Å². The summed E-state index contributed by atoms with van der Waals surface area (Å²) in [5.74, 6) is 0. The van der Waals surface area contributed by atoms with Gasteiger partial charge in [0, 0.05) is 73.1 Å². The van der Waals surface area contributed by atoms with Crippen molar-refractivity contribution in [1.29, 1.82) is 0 Å². The predicted octanol–water partition coefficient (Wildman–Crippen LogP) is -1.14. The maximum absolute atomic E-state index is 0. The van der Waals surface area contributed by atoms with Gasteiger partial charge >= 0.3 is 0 Å². The molecule has 0 heterocycles. The van der Waals surface area contributed by atoms with Crippen molar-refractivity contribution in [3.05, 3.63) is 0 Å². The van der Waals surface area contributed by atoms with E-state index >= 15 is 0 Å². The van der Waals surface area contributed by atoms with E-state index in [2.05, 4.69) is 0 Å². The molecule has 4 heteroatoms. The first-order valence-electron chi connectivity index (χ1n) is 0. The Bertz CT molecular complexity index is 3.25. The Balaban J connectivity index is 0. The summed E-state index contributed by atoms with van der Waals surface area (Å²) in [7, 11) is 0. The number of hydrogen-bond acceptors (Lipinski definition) is 0. The zero-order valence-electron chi connectivity index (χ0n) is 2.05. The van der Waals surface area contributed by atoms with Crippen LogP contribution in [0.1, 0.15) is 0 Å². The second kappa shape index (κ2) is 18.6. The van der Waals surface area contributed by atoms with Crippen LogP contribution >= 0.6 is 0 Å². The van der Waals surface area contributed by atoms with Gasteiger partial charge in [-0.25, -0.2) is 0 Å². The SMILES string of the molecule is [Al].[Al].[Al].[Pt]. The van der Waals surface area contributed by atoms with Crippen LogP contribution in [0.2, 0.25) is 0 Å². The normalized spacial score (nSPS) is 0. The molecular weight excluding hydrogens is 276 g/mol. The molecule has 0 rings (SSSR count). The summed E-state index contributed by atoms with van der Waals surface area (Å²) >= 11 is 0. The van der Waals surface area contributed by atoms with Crippen LogP contribution in [-0.4, -0.2) is 52.1 Å². The van der Waals surface area contributed by atoms with Crippen molar-refractivity contribution >= 4 is 52.1 Å². The van der Waals surface area contributed by atoms with Gasteiger partial charge in [-0.2, -0.15) is 0 Å². The van der Waals surface area contributed by atoms with E-state index in [-0.39, 0.29) is 73.1 Å². The molecule has 0 bridgehead atoms. The quantitative estimate of drug-likeness (QED) is 0.490. The molecule has 0 N–H and O–H groups in total. The van der Waals surface area contributed by atoms with Crippen molar-refractivity contribution < 1.29 is 21.1 Å². The summed E-state index contributed by atoms with van der Waals surface area (Å²) in [6, 6.07) is 0. The summed E-state index contributed by atoms with van der Waals surface area (Å²) in [5, 5.41) is 0. The third kappa shape index (κ3) is 8.86. The maximum Gasteiger partial charge on any atom is 0 e. The fourth-order valence-electron chi connectivity index (χ4n) is 0. The molecule has 0 aliphatic carbocycles. The van der Waals surface area contributed by atoms with E-state index in [1.807, 2.05) is 0 Å². The monoisotopic (exact) mass is 276 g/mol. The maximum atomic E-state index is 0. The first kappa shape index (κ1) is 33.6. The van der Waals surface area contributed by atoms with Gasteiger partial charge in [0.1, 0.15) is 0 Å². The van der Waals surface area contributed by atoms with Crippen molar-refractivity contribution in [2.75, 3.05) is 0 Å². The summed E-state index contributed by atoms with van der Waals surface area (Å²) in [4.78, 5) is 0. The number of rotatable bonds is 0. The van der Waals surface area contributed by atoms with E-state index < -0.39 is 0 Å². The van der Waals surface area contributed by atoms with E-state index in [1.54, 1.807) is 0 Å². The van der Waals surface area contributed by atoms with Gasteiger partial charge in [-0.3, -0.25) is 0 Å². The Morgan fingerprint density at radius 1 is 0.500 bits per heavy atom. The van der Waals surface area contributed by atoms with Gasteiger partial charge in [-0.05, 0) is 0 Å². The van der Waals surface area contributed by atoms with Crippen molar-refractivity contribution in [3.8, 4) is 0 Å². The van der Waals surface area contributed by atoms with E-state index in [4.69, 9.17) is 0 Å². The van der Waals surface area contributed by atoms with Crippen LogP contribution < -0.4 is 0 Å². The third-order valence-electron chi connectivity index (χ3n) is 0. The molecule has 0 aromatic carbocycles. The molecule has 0 spiro atoms. The first-order chi connectivity index (χ1) is 0. The summed E-state index contributed by atoms with van der Waals surface area (Å²) in [5.41, 5.74) is 0. The van der Waals surface area contributed by atoms with Gasteiger partial charge in [0.05, 0.1) is 0 Å². The minimum absolute atomic E-state index is 0. The predicted molar refractivity (Wildman–Crippen MR) is 17.3 cm³/mol. The molecule has 0 unspecified atom stereocenters. The van der Waals surface area contributed by atoms with Crippen molar-refractivity contribution in [3.63, 3.8) is 0 Å². The fourth-order valence-corrected chi connectivity index (χ4v) is 0. The summed E-state index contributed by atoms with van der Waals surface area (Å²) in [6.45, 7) is 0. The summed E-state index contributed by atoms with van der Waals surface area (Å²) < 4.78 is 0. The Morgan fingerprint density at radius 2 is 0.500 bits per heavy atom. The first-order valence-corrected chi connectivity index (χ1v) is 0. The van der Waals surface area contributed by atoms with Crippen molar-refractivity contribution in [2.45, 2.75) is 0 Å². The van der Waals surface area contributed by atoms with E-state index in [9.17, 15) is 0 Å². The van der Waals surface area contributed by atoms with Crippen LogP contribution in [0.3, 0.4) is 0 Å². The minimum Gasteiger partial charge on any atom is 0 e. The van der Waals surface area contributed by atoms with Gasteiger partial charge in [0.25, 0.3) is 0 Å². The molecule has 0 fully saturated rings. The van der Waals surface area contributed by atoms with E-state index in [0.717, 1.165) is 0 Å². The van der Waals surface area contributed by atoms with Crippen LogP contribution in [0.15, 0.2) is 0 Å². The van der Waals surface area contributed by atoms with Crippen LogP contribution in [-0.2, 0) is 21.1 Å². The van der Waals surface area contributed by atoms with Crippen molar-refractivity contribution in [1.82, 2.24) is 0 Å². The van der Waals surface area contributed by atoms with Gasteiger partial charge in [0.2, 0.25) is 0 Å². The minimum atomic E-state index is 0. The van der Waals surface area contributed by atoms with Crippen LogP contribution in [0.4, 0.5) is 0 Å². The third-order valence-corrected chi connectivity index (χ3v) is 0.